The molecule has 10 atom stereocenters. The molecule has 0 heterocycles. The average Bonchev–Trinajstić information content (AvgIpc) is 3.08. The van der Waals surface area contributed by atoms with E-state index in [1.165, 1.54) is 51.4 Å². The third-order valence-electron chi connectivity index (χ3n) is 11.9. The second kappa shape index (κ2) is 9.39. The van der Waals surface area contributed by atoms with Gasteiger partial charge in [0.15, 0.2) is 0 Å². The van der Waals surface area contributed by atoms with Gasteiger partial charge in [-0.3, -0.25) is 4.55 Å². The Bertz CT molecular complexity index is 794. The minimum Gasteiger partial charge on any atom is -0.264 e. The molecule has 4 fully saturated rings. The molecule has 0 aromatic heterocycles. The van der Waals surface area contributed by atoms with Gasteiger partial charge in [0.05, 0.1) is 6.10 Å². The van der Waals surface area contributed by atoms with Gasteiger partial charge in [-0.15, -0.1) is 0 Å². The summed E-state index contributed by atoms with van der Waals surface area (Å²) in [6.07, 6.45) is 13.1. The fourth-order valence-electron chi connectivity index (χ4n) is 9.51. The molecule has 0 aliphatic heterocycles. The Labute approximate surface area is 204 Å². The first kappa shape index (κ1) is 25.9. The largest absolute Gasteiger partial charge is 0.397 e. The minimum atomic E-state index is -4.35. The van der Waals surface area contributed by atoms with E-state index < -0.39 is 10.4 Å². The van der Waals surface area contributed by atoms with E-state index in [4.69, 9.17) is 8.74 Å². The summed E-state index contributed by atoms with van der Waals surface area (Å²) in [4.78, 5) is 0. The van der Waals surface area contributed by atoms with Gasteiger partial charge >= 0.3 is 10.4 Å². The smallest absolute Gasteiger partial charge is 0.264 e. The third kappa shape index (κ3) is 4.94. The van der Waals surface area contributed by atoms with Crippen molar-refractivity contribution in [1.82, 2.24) is 0 Å². The third-order valence-corrected chi connectivity index (χ3v) is 12.4. The van der Waals surface area contributed by atoms with Gasteiger partial charge in [0, 0.05) is 0 Å². The van der Waals surface area contributed by atoms with Gasteiger partial charge in [-0.25, -0.2) is 4.18 Å². The molecular weight excluding hydrogens is 432 g/mol. The molecule has 0 bridgehead atoms. The van der Waals surface area contributed by atoms with Crippen LogP contribution >= 0.6 is 0 Å². The molecule has 4 aliphatic rings. The first-order valence-corrected chi connectivity index (χ1v) is 15.4. The van der Waals surface area contributed by atoms with E-state index in [1.54, 1.807) is 0 Å². The lowest BCUT2D eigenvalue weighted by Gasteiger charge is -2.61. The van der Waals surface area contributed by atoms with Crippen LogP contribution in [0.3, 0.4) is 0 Å². The first-order valence-electron chi connectivity index (χ1n) is 14.0. The van der Waals surface area contributed by atoms with Gasteiger partial charge in [0.25, 0.3) is 0 Å². The van der Waals surface area contributed by atoms with Crippen molar-refractivity contribution in [2.24, 2.45) is 58.2 Å². The maximum absolute atomic E-state index is 11.3. The van der Waals surface area contributed by atoms with Gasteiger partial charge in [-0.1, -0.05) is 54.4 Å². The van der Waals surface area contributed by atoms with Crippen molar-refractivity contribution in [2.45, 2.75) is 118 Å². The summed E-state index contributed by atoms with van der Waals surface area (Å²) in [5, 5.41) is 0. The van der Waals surface area contributed by atoms with Crippen LogP contribution in [0, 0.1) is 58.2 Å². The number of hydrogen-bond donors (Lipinski definition) is 1. The highest BCUT2D eigenvalue weighted by Gasteiger charge is 2.60. The summed E-state index contributed by atoms with van der Waals surface area (Å²) in [7, 11) is -4.35. The Morgan fingerprint density at radius 2 is 1.55 bits per heavy atom. The standard InChI is InChI=1S/C28H50O4S/c1-18(2)19(3)7-8-20(4)24-11-12-25-23-10-9-21-17-22(32-33(29,30)31)13-15-27(21,5)26(23)14-16-28(24,25)6/h18-26H,7-17H2,1-6H3,(H,29,30,31)/t19-,20+,21?,22?,23-,24+,25-,26-,27-,28+/m0/s1. The van der Waals surface area contributed by atoms with Crippen molar-refractivity contribution in [1.29, 1.82) is 0 Å². The molecule has 0 aromatic rings. The molecule has 192 valence electrons. The maximum atomic E-state index is 11.3. The summed E-state index contributed by atoms with van der Waals surface area (Å²) in [6, 6.07) is 0. The molecule has 4 aliphatic carbocycles. The van der Waals surface area contributed by atoms with E-state index in [9.17, 15) is 8.42 Å². The number of fused-ring (bicyclic) bond motifs is 5. The molecule has 0 amide bonds. The highest BCUT2D eigenvalue weighted by atomic mass is 32.3. The highest BCUT2D eigenvalue weighted by Crippen LogP contribution is 2.68. The van der Waals surface area contributed by atoms with E-state index in [0.717, 1.165) is 60.7 Å². The molecule has 0 radical (unpaired) electrons. The monoisotopic (exact) mass is 482 g/mol. The maximum Gasteiger partial charge on any atom is 0.397 e. The van der Waals surface area contributed by atoms with Crippen LogP contribution in [0.4, 0.5) is 0 Å². The lowest BCUT2D eigenvalue weighted by molar-refractivity contribution is -0.127. The van der Waals surface area contributed by atoms with E-state index in [2.05, 4.69) is 41.5 Å². The van der Waals surface area contributed by atoms with Gasteiger partial charge in [0.1, 0.15) is 0 Å². The summed E-state index contributed by atoms with van der Waals surface area (Å²) in [6.45, 7) is 14.9. The van der Waals surface area contributed by atoms with Crippen LogP contribution in [-0.4, -0.2) is 19.1 Å². The molecule has 0 saturated heterocycles. The Balaban J connectivity index is 1.43. The Morgan fingerprint density at radius 3 is 2.21 bits per heavy atom. The van der Waals surface area contributed by atoms with Gasteiger partial charge < -0.3 is 0 Å². The lowest BCUT2D eigenvalue weighted by atomic mass is 9.44. The van der Waals surface area contributed by atoms with Gasteiger partial charge in [-0.2, -0.15) is 8.42 Å². The number of hydrogen-bond acceptors (Lipinski definition) is 3. The molecule has 4 nitrogen and oxygen atoms in total. The fraction of sp³-hybridized carbons (Fsp3) is 1.00. The molecule has 2 unspecified atom stereocenters. The summed E-state index contributed by atoms with van der Waals surface area (Å²) in [5.41, 5.74) is 0.815. The molecule has 4 rings (SSSR count). The topological polar surface area (TPSA) is 63.6 Å². The lowest BCUT2D eigenvalue weighted by Crippen LogP contribution is -2.54. The Morgan fingerprint density at radius 1 is 0.879 bits per heavy atom. The molecule has 0 aromatic carbocycles. The van der Waals surface area contributed by atoms with Crippen LogP contribution in [-0.2, 0) is 14.6 Å². The molecule has 1 N–H and O–H groups in total. The van der Waals surface area contributed by atoms with Crippen molar-refractivity contribution < 1.29 is 17.2 Å². The molecule has 33 heavy (non-hydrogen) atoms. The zero-order chi connectivity index (χ0) is 24.2. The molecule has 5 heteroatoms. The average molecular weight is 483 g/mol. The van der Waals surface area contributed by atoms with Crippen LogP contribution in [0.5, 0.6) is 0 Å². The van der Waals surface area contributed by atoms with Crippen LogP contribution in [0.1, 0.15) is 112 Å². The van der Waals surface area contributed by atoms with Crippen LogP contribution < -0.4 is 0 Å². The van der Waals surface area contributed by atoms with Crippen LogP contribution in [0.25, 0.3) is 0 Å². The summed E-state index contributed by atoms with van der Waals surface area (Å²) in [5.74, 6) is 6.33. The van der Waals surface area contributed by atoms with Crippen molar-refractivity contribution in [2.75, 3.05) is 0 Å². The zero-order valence-electron chi connectivity index (χ0n) is 22.1. The molecule has 0 spiro atoms. The van der Waals surface area contributed by atoms with E-state index in [-0.39, 0.29) is 6.10 Å². The van der Waals surface area contributed by atoms with Crippen molar-refractivity contribution in [3.8, 4) is 0 Å². The van der Waals surface area contributed by atoms with E-state index in [0.29, 0.717) is 16.7 Å². The second-order valence-electron chi connectivity index (χ2n) is 13.6. The first-order chi connectivity index (χ1) is 15.3. The predicted octanol–water partition coefficient (Wildman–Crippen LogP) is 7.54. The van der Waals surface area contributed by atoms with Gasteiger partial charge in [0.2, 0.25) is 0 Å². The summed E-state index contributed by atoms with van der Waals surface area (Å²) < 4.78 is 36.7. The number of rotatable bonds is 7. The van der Waals surface area contributed by atoms with Crippen molar-refractivity contribution in [3.63, 3.8) is 0 Å². The normalized spacial score (nSPS) is 45.2. The SMILES string of the molecule is CC(C)[C@@H](C)CC[C@@H](C)[C@H]1CC[C@H]2[C@@H]3CCC4CC(OS(=O)(=O)O)CC[C@]4(C)[C@H]3CC[C@]12C. The van der Waals surface area contributed by atoms with Crippen LogP contribution in [0.2, 0.25) is 0 Å². The van der Waals surface area contributed by atoms with Crippen molar-refractivity contribution in [3.05, 3.63) is 0 Å². The summed E-state index contributed by atoms with van der Waals surface area (Å²) >= 11 is 0. The zero-order valence-corrected chi connectivity index (χ0v) is 22.9. The fourth-order valence-corrected chi connectivity index (χ4v) is 10.0. The predicted molar refractivity (Wildman–Crippen MR) is 134 cm³/mol. The second-order valence-corrected chi connectivity index (χ2v) is 14.6. The Kier molecular flexibility index (Phi) is 7.38. The van der Waals surface area contributed by atoms with Crippen molar-refractivity contribution >= 4 is 10.4 Å². The van der Waals surface area contributed by atoms with Gasteiger partial charge in [-0.05, 0) is 116 Å². The molecular formula is C28H50O4S. The Hall–Kier alpha value is -0.130. The minimum absolute atomic E-state index is 0.305. The quantitative estimate of drug-likeness (QED) is 0.381. The van der Waals surface area contributed by atoms with E-state index >= 15 is 0 Å². The highest BCUT2D eigenvalue weighted by molar-refractivity contribution is 7.80. The van der Waals surface area contributed by atoms with Crippen LogP contribution in [0.15, 0.2) is 0 Å². The molecule has 4 saturated carbocycles. The van der Waals surface area contributed by atoms with E-state index in [1.807, 2.05) is 0 Å².